The van der Waals surface area contributed by atoms with Gasteiger partial charge in [0.25, 0.3) is 0 Å². The zero-order valence-corrected chi connectivity index (χ0v) is 11.6. The van der Waals surface area contributed by atoms with Gasteiger partial charge in [-0.25, -0.2) is 0 Å². The lowest BCUT2D eigenvalue weighted by molar-refractivity contribution is 0.523. The molecule has 0 spiro atoms. The van der Waals surface area contributed by atoms with Gasteiger partial charge in [-0.1, -0.05) is 39.0 Å². The highest BCUT2D eigenvalue weighted by atomic mass is 14.8. The first-order valence-electron chi connectivity index (χ1n) is 6.80. The average Bonchev–Trinajstić information content (AvgIpc) is 2.28. The first-order chi connectivity index (χ1) is 8.02. The maximum atomic E-state index is 3.34. The van der Waals surface area contributed by atoms with Crippen LogP contribution in [0.4, 0.5) is 0 Å². The predicted molar refractivity (Wildman–Crippen MR) is 74.7 cm³/mol. The molecule has 1 aliphatic carbocycles. The molecule has 1 aliphatic rings. The van der Waals surface area contributed by atoms with Gasteiger partial charge < -0.3 is 5.32 Å². The molecule has 0 aliphatic heterocycles. The monoisotopic (exact) mass is 231 g/mol. The maximum Gasteiger partial charge on any atom is 0.00172 e. The van der Waals surface area contributed by atoms with E-state index in [1.54, 1.807) is 11.1 Å². The summed E-state index contributed by atoms with van der Waals surface area (Å²) in [5, 5.41) is 3.34. The van der Waals surface area contributed by atoms with Crippen molar-refractivity contribution < 1.29 is 0 Å². The standard InChI is InChI=1S/C16H25N/c1-16(2,3)14-9-8-12-6-5-7-13(11-17-4)15(12)10-14/h8-10,13,17H,5-7,11H2,1-4H3. The van der Waals surface area contributed by atoms with Crippen LogP contribution in [0.3, 0.4) is 0 Å². The van der Waals surface area contributed by atoms with Crippen molar-refractivity contribution in [3.8, 4) is 0 Å². The minimum Gasteiger partial charge on any atom is -0.319 e. The lowest BCUT2D eigenvalue weighted by Gasteiger charge is -2.28. The van der Waals surface area contributed by atoms with Crippen LogP contribution in [0.25, 0.3) is 0 Å². The molecule has 1 atom stereocenters. The van der Waals surface area contributed by atoms with Crippen molar-refractivity contribution in [2.45, 2.75) is 51.4 Å². The third kappa shape index (κ3) is 2.71. The van der Waals surface area contributed by atoms with E-state index in [2.05, 4.69) is 51.3 Å². The molecular formula is C16H25N. The van der Waals surface area contributed by atoms with E-state index in [1.807, 2.05) is 0 Å². The molecule has 1 aromatic rings. The van der Waals surface area contributed by atoms with Crippen LogP contribution in [-0.4, -0.2) is 13.6 Å². The first-order valence-corrected chi connectivity index (χ1v) is 6.80. The summed E-state index contributed by atoms with van der Waals surface area (Å²) >= 11 is 0. The summed E-state index contributed by atoms with van der Waals surface area (Å²) in [6, 6.07) is 7.13. The van der Waals surface area contributed by atoms with Crippen LogP contribution in [-0.2, 0) is 11.8 Å². The van der Waals surface area contributed by atoms with Crippen LogP contribution in [0.15, 0.2) is 18.2 Å². The summed E-state index contributed by atoms with van der Waals surface area (Å²) in [5.74, 6) is 0.714. The van der Waals surface area contributed by atoms with Gasteiger partial charge in [-0.15, -0.1) is 0 Å². The smallest absolute Gasteiger partial charge is 0.00172 e. The van der Waals surface area contributed by atoms with Crippen molar-refractivity contribution in [2.75, 3.05) is 13.6 Å². The summed E-state index contributed by atoms with van der Waals surface area (Å²) in [5.41, 5.74) is 4.90. The van der Waals surface area contributed by atoms with E-state index in [-0.39, 0.29) is 5.41 Å². The van der Waals surface area contributed by atoms with E-state index in [0.717, 1.165) is 6.54 Å². The van der Waals surface area contributed by atoms with Gasteiger partial charge in [0, 0.05) is 6.54 Å². The van der Waals surface area contributed by atoms with Crippen LogP contribution >= 0.6 is 0 Å². The van der Waals surface area contributed by atoms with Gasteiger partial charge in [0.2, 0.25) is 0 Å². The van der Waals surface area contributed by atoms with Crippen molar-refractivity contribution >= 4 is 0 Å². The molecule has 0 saturated carbocycles. The summed E-state index contributed by atoms with van der Waals surface area (Å²) in [6.07, 6.45) is 3.94. The van der Waals surface area contributed by atoms with Gasteiger partial charge in [0.05, 0.1) is 0 Å². The molecule has 1 unspecified atom stereocenters. The van der Waals surface area contributed by atoms with Gasteiger partial charge in [-0.3, -0.25) is 0 Å². The fourth-order valence-corrected chi connectivity index (χ4v) is 2.82. The zero-order valence-electron chi connectivity index (χ0n) is 11.6. The van der Waals surface area contributed by atoms with E-state index in [0.29, 0.717) is 5.92 Å². The van der Waals surface area contributed by atoms with Gasteiger partial charge in [-0.2, -0.15) is 0 Å². The lowest BCUT2D eigenvalue weighted by Crippen LogP contribution is -2.22. The molecule has 17 heavy (non-hydrogen) atoms. The van der Waals surface area contributed by atoms with Gasteiger partial charge >= 0.3 is 0 Å². The number of nitrogens with one attached hydrogen (secondary N) is 1. The van der Waals surface area contributed by atoms with Crippen LogP contribution in [0.2, 0.25) is 0 Å². The topological polar surface area (TPSA) is 12.0 Å². The number of hydrogen-bond acceptors (Lipinski definition) is 1. The summed E-state index contributed by atoms with van der Waals surface area (Å²) in [7, 11) is 2.06. The number of aryl methyl sites for hydroxylation is 1. The molecule has 0 heterocycles. The summed E-state index contributed by atoms with van der Waals surface area (Å²) < 4.78 is 0. The van der Waals surface area contributed by atoms with Crippen LogP contribution in [0, 0.1) is 0 Å². The van der Waals surface area contributed by atoms with Crippen molar-refractivity contribution in [1.29, 1.82) is 0 Å². The Bertz CT molecular complexity index is 387. The molecule has 2 rings (SSSR count). The molecule has 0 fully saturated rings. The molecular weight excluding hydrogens is 206 g/mol. The molecule has 0 bridgehead atoms. The highest BCUT2D eigenvalue weighted by Crippen LogP contribution is 2.34. The second-order valence-electron chi connectivity index (χ2n) is 6.31. The minimum atomic E-state index is 0.261. The zero-order chi connectivity index (χ0) is 12.5. The van der Waals surface area contributed by atoms with Crippen molar-refractivity contribution in [3.05, 3.63) is 34.9 Å². The molecule has 0 saturated heterocycles. The Morgan fingerprint density at radius 2 is 2.06 bits per heavy atom. The maximum absolute atomic E-state index is 3.34. The Labute approximate surface area is 106 Å². The predicted octanol–water partition coefficient (Wildman–Crippen LogP) is 3.62. The largest absolute Gasteiger partial charge is 0.319 e. The SMILES string of the molecule is CNCC1CCCc2ccc(C(C)(C)C)cc21. The lowest BCUT2D eigenvalue weighted by atomic mass is 9.78. The fourth-order valence-electron chi connectivity index (χ4n) is 2.82. The average molecular weight is 231 g/mol. The Kier molecular flexibility index (Phi) is 3.58. The quantitative estimate of drug-likeness (QED) is 0.819. The van der Waals surface area contributed by atoms with E-state index < -0.39 is 0 Å². The number of benzene rings is 1. The van der Waals surface area contributed by atoms with Crippen molar-refractivity contribution in [3.63, 3.8) is 0 Å². The van der Waals surface area contributed by atoms with E-state index in [1.165, 1.54) is 24.8 Å². The Morgan fingerprint density at radius 3 is 2.71 bits per heavy atom. The van der Waals surface area contributed by atoms with Crippen molar-refractivity contribution in [2.24, 2.45) is 0 Å². The summed E-state index contributed by atoms with van der Waals surface area (Å²) in [6.45, 7) is 8.00. The van der Waals surface area contributed by atoms with Crippen LogP contribution in [0.1, 0.15) is 56.2 Å². The van der Waals surface area contributed by atoms with Crippen LogP contribution in [0.5, 0.6) is 0 Å². The van der Waals surface area contributed by atoms with Gasteiger partial charge in [-0.05, 0) is 54.3 Å². The highest BCUT2D eigenvalue weighted by Gasteiger charge is 2.22. The number of hydrogen-bond donors (Lipinski definition) is 1. The normalized spacial score (nSPS) is 20.1. The third-order valence-corrected chi connectivity index (χ3v) is 3.90. The Morgan fingerprint density at radius 1 is 1.29 bits per heavy atom. The molecule has 1 N–H and O–H groups in total. The van der Waals surface area contributed by atoms with Gasteiger partial charge in [0.1, 0.15) is 0 Å². The van der Waals surface area contributed by atoms with E-state index in [9.17, 15) is 0 Å². The minimum absolute atomic E-state index is 0.261. The molecule has 0 aromatic heterocycles. The Balaban J connectivity index is 2.37. The summed E-state index contributed by atoms with van der Waals surface area (Å²) in [4.78, 5) is 0. The second-order valence-corrected chi connectivity index (χ2v) is 6.31. The third-order valence-electron chi connectivity index (χ3n) is 3.90. The fraction of sp³-hybridized carbons (Fsp3) is 0.625. The van der Waals surface area contributed by atoms with E-state index in [4.69, 9.17) is 0 Å². The van der Waals surface area contributed by atoms with Gasteiger partial charge in [0.15, 0.2) is 0 Å². The molecule has 0 radical (unpaired) electrons. The molecule has 1 heteroatoms. The number of rotatable bonds is 2. The van der Waals surface area contributed by atoms with Crippen LogP contribution < -0.4 is 5.32 Å². The van der Waals surface area contributed by atoms with Crippen molar-refractivity contribution in [1.82, 2.24) is 5.32 Å². The second kappa shape index (κ2) is 4.81. The first kappa shape index (κ1) is 12.6. The molecule has 1 nitrogen and oxygen atoms in total. The Hall–Kier alpha value is -0.820. The van der Waals surface area contributed by atoms with E-state index >= 15 is 0 Å². The highest BCUT2D eigenvalue weighted by molar-refractivity contribution is 5.39. The number of fused-ring (bicyclic) bond motifs is 1. The molecule has 0 amide bonds. The molecule has 1 aromatic carbocycles. The number of likely N-dealkylation sites (N-methyl/N-ethyl adjacent to an activating group) is 1. The molecule has 94 valence electrons.